The van der Waals surface area contributed by atoms with Crippen molar-refractivity contribution in [3.63, 3.8) is 0 Å². The summed E-state index contributed by atoms with van der Waals surface area (Å²) in [5.41, 5.74) is -0.401. The van der Waals surface area contributed by atoms with Gasteiger partial charge in [0, 0.05) is 6.04 Å². The second-order valence-corrected chi connectivity index (χ2v) is 4.81. The van der Waals surface area contributed by atoms with Crippen LogP contribution in [-0.4, -0.2) is 22.0 Å². The molecule has 1 aromatic rings. The van der Waals surface area contributed by atoms with Crippen LogP contribution in [0.25, 0.3) is 0 Å². The molecule has 0 spiro atoms. The molecule has 0 aliphatic carbocycles. The van der Waals surface area contributed by atoms with Crippen LogP contribution in [0.1, 0.15) is 49.9 Å². The molecule has 0 aromatic heterocycles. The van der Waals surface area contributed by atoms with Crippen LogP contribution in [0.15, 0.2) is 18.2 Å². The van der Waals surface area contributed by atoms with Crippen molar-refractivity contribution < 1.29 is 14.8 Å². The molecule has 1 atom stereocenters. The topological polar surface area (TPSA) is 92.5 Å². The normalized spacial score (nSPS) is 11.9. The van der Waals surface area contributed by atoms with E-state index in [0.29, 0.717) is 0 Å². The van der Waals surface area contributed by atoms with Crippen molar-refractivity contribution in [2.24, 2.45) is 0 Å². The predicted molar refractivity (Wildman–Crippen MR) is 77.3 cm³/mol. The number of carbonyl (C=O) groups is 1. The van der Waals surface area contributed by atoms with Crippen molar-refractivity contribution in [2.75, 3.05) is 5.32 Å². The summed E-state index contributed by atoms with van der Waals surface area (Å²) in [5.74, 6) is -1.29. The van der Waals surface area contributed by atoms with Gasteiger partial charge in [0.1, 0.15) is 11.3 Å². The molecule has 1 unspecified atom stereocenters. The number of benzene rings is 1. The minimum Gasteiger partial charge on any atom is -0.477 e. The third kappa shape index (κ3) is 4.22. The Bertz CT molecular complexity index is 488. The van der Waals surface area contributed by atoms with E-state index in [1.54, 1.807) is 6.07 Å². The lowest BCUT2D eigenvalue weighted by Crippen LogP contribution is -2.17. The number of hydrogen-bond donors (Lipinski definition) is 2. The maximum atomic E-state index is 11.1. The van der Waals surface area contributed by atoms with Gasteiger partial charge in [0.25, 0.3) is 0 Å². The highest BCUT2D eigenvalue weighted by Gasteiger charge is 2.24. The van der Waals surface area contributed by atoms with E-state index in [2.05, 4.69) is 12.2 Å². The van der Waals surface area contributed by atoms with Gasteiger partial charge in [0.2, 0.25) is 0 Å². The van der Waals surface area contributed by atoms with Crippen molar-refractivity contribution in [1.82, 2.24) is 0 Å². The number of carboxylic acids is 1. The Labute approximate surface area is 118 Å². The van der Waals surface area contributed by atoms with Gasteiger partial charge in [-0.3, -0.25) is 10.1 Å². The Hall–Kier alpha value is -2.11. The third-order valence-electron chi connectivity index (χ3n) is 3.09. The fraction of sp³-hybridized carbons (Fsp3) is 0.500. The maximum absolute atomic E-state index is 11.1. The molecule has 0 fully saturated rings. The van der Waals surface area contributed by atoms with Crippen LogP contribution < -0.4 is 5.32 Å². The van der Waals surface area contributed by atoms with E-state index in [0.717, 1.165) is 25.7 Å². The number of nitrogens with zero attached hydrogens (tertiary/aromatic N) is 1. The highest BCUT2D eigenvalue weighted by molar-refractivity contribution is 5.95. The SMILES string of the molecule is CCCCCC(C)Nc1cccc(C(=O)O)c1[N+](=O)[O-]. The molecule has 0 aliphatic heterocycles. The molecule has 20 heavy (non-hydrogen) atoms. The zero-order valence-corrected chi connectivity index (χ0v) is 11.8. The van der Waals surface area contributed by atoms with E-state index < -0.39 is 10.9 Å². The molecule has 0 saturated carbocycles. The van der Waals surface area contributed by atoms with Gasteiger partial charge in [-0.25, -0.2) is 4.79 Å². The first-order valence-corrected chi connectivity index (χ1v) is 6.74. The first-order chi connectivity index (χ1) is 9.47. The molecule has 1 aromatic carbocycles. The van der Waals surface area contributed by atoms with Crippen molar-refractivity contribution >= 4 is 17.3 Å². The molecular formula is C14H20N2O4. The Kier molecular flexibility index (Phi) is 5.96. The number of aromatic carboxylic acids is 1. The smallest absolute Gasteiger partial charge is 0.342 e. The number of hydrogen-bond acceptors (Lipinski definition) is 4. The van der Waals surface area contributed by atoms with Gasteiger partial charge in [-0.15, -0.1) is 0 Å². The molecule has 0 bridgehead atoms. The molecule has 0 aliphatic rings. The summed E-state index contributed by atoms with van der Waals surface area (Å²) in [6.45, 7) is 4.05. The minimum atomic E-state index is -1.29. The molecule has 2 N–H and O–H groups in total. The molecule has 6 nitrogen and oxygen atoms in total. The van der Waals surface area contributed by atoms with Crippen molar-refractivity contribution in [2.45, 2.75) is 45.6 Å². The highest BCUT2D eigenvalue weighted by atomic mass is 16.6. The van der Waals surface area contributed by atoms with Gasteiger partial charge in [-0.2, -0.15) is 0 Å². The van der Waals surface area contributed by atoms with E-state index in [1.807, 2.05) is 6.92 Å². The number of nitro benzene ring substituents is 1. The Morgan fingerprint density at radius 2 is 2.15 bits per heavy atom. The summed E-state index contributed by atoms with van der Waals surface area (Å²) in [5, 5.41) is 23.1. The number of anilines is 1. The second-order valence-electron chi connectivity index (χ2n) is 4.81. The quantitative estimate of drug-likeness (QED) is 0.430. The summed E-state index contributed by atoms with van der Waals surface area (Å²) < 4.78 is 0. The lowest BCUT2D eigenvalue weighted by atomic mass is 10.1. The van der Waals surface area contributed by atoms with Crippen LogP contribution in [0.2, 0.25) is 0 Å². The summed E-state index contributed by atoms with van der Waals surface area (Å²) in [7, 11) is 0. The lowest BCUT2D eigenvalue weighted by molar-refractivity contribution is -0.384. The number of rotatable bonds is 8. The molecule has 0 heterocycles. The summed E-state index contributed by atoms with van der Waals surface area (Å²) >= 11 is 0. The molecule has 110 valence electrons. The van der Waals surface area contributed by atoms with Crippen LogP contribution in [0.3, 0.4) is 0 Å². The minimum absolute atomic E-state index is 0.0595. The summed E-state index contributed by atoms with van der Waals surface area (Å²) in [6, 6.07) is 4.36. The van der Waals surface area contributed by atoms with Gasteiger partial charge in [0.15, 0.2) is 0 Å². The van der Waals surface area contributed by atoms with Crippen LogP contribution in [0.4, 0.5) is 11.4 Å². The fourth-order valence-corrected chi connectivity index (χ4v) is 2.07. The molecule has 0 saturated heterocycles. The average Bonchev–Trinajstić information content (AvgIpc) is 2.38. The zero-order chi connectivity index (χ0) is 15.1. The van der Waals surface area contributed by atoms with Crippen LogP contribution in [0.5, 0.6) is 0 Å². The number of carboxylic acid groups (broad SMARTS) is 1. The van der Waals surface area contributed by atoms with Crippen LogP contribution in [-0.2, 0) is 0 Å². The Balaban J connectivity index is 2.92. The maximum Gasteiger partial charge on any atom is 0.342 e. The molecule has 0 amide bonds. The largest absolute Gasteiger partial charge is 0.477 e. The van der Waals surface area contributed by atoms with Crippen LogP contribution in [0, 0.1) is 10.1 Å². The van der Waals surface area contributed by atoms with Crippen molar-refractivity contribution in [3.05, 3.63) is 33.9 Å². The first kappa shape index (κ1) is 15.9. The monoisotopic (exact) mass is 280 g/mol. The summed E-state index contributed by atoms with van der Waals surface area (Å²) in [6.07, 6.45) is 4.16. The van der Waals surface area contributed by atoms with E-state index in [9.17, 15) is 14.9 Å². The van der Waals surface area contributed by atoms with E-state index in [1.165, 1.54) is 12.1 Å². The molecule has 6 heteroatoms. The Morgan fingerprint density at radius 3 is 2.70 bits per heavy atom. The van der Waals surface area contributed by atoms with Gasteiger partial charge >= 0.3 is 11.7 Å². The highest BCUT2D eigenvalue weighted by Crippen LogP contribution is 2.29. The van der Waals surface area contributed by atoms with Gasteiger partial charge in [-0.1, -0.05) is 32.3 Å². The van der Waals surface area contributed by atoms with Gasteiger partial charge in [0.05, 0.1) is 4.92 Å². The van der Waals surface area contributed by atoms with Crippen molar-refractivity contribution in [3.8, 4) is 0 Å². The average molecular weight is 280 g/mol. The standard InChI is InChI=1S/C14H20N2O4/c1-3-4-5-7-10(2)15-12-9-6-8-11(14(17)18)13(12)16(19)20/h6,8-10,15H,3-5,7H2,1-2H3,(H,17,18). The number of unbranched alkanes of at least 4 members (excludes halogenated alkanes) is 2. The van der Waals surface area contributed by atoms with E-state index >= 15 is 0 Å². The fourth-order valence-electron chi connectivity index (χ4n) is 2.07. The van der Waals surface area contributed by atoms with Gasteiger partial charge in [-0.05, 0) is 25.5 Å². The van der Waals surface area contributed by atoms with Gasteiger partial charge < -0.3 is 10.4 Å². The lowest BCUT2D eigenvalue weighted by Gasteiger charge is -2.15. The molecule has 1 rings (SSSR count). The predicted octanol–water partition coefficient (Wildman–Crippen LogP) is 3.67. The molecular weight excluding hydrogens is 260 g/mol. The zero-order valence-electron chi connectivity index (χ0n) is 11.8. The second kappa shape index (κ2) is 7.47. The van der Waals surface area contributed by atoms with Crippen LogP contribution >= 0.6 is 0 Å². The summed E-state index contributed by atoms with van der Waals surface area (Å²) in [4.78, 5) is 21.5. The first-order valence-electron chi connectivity index (χ1n) is 6.74. The van der Waals surface area contributed by atoms with E-state index in [-0.39, 0.29) is 23.0 Å². The van der Waals surface area contributed by atoms with E-state index in [4.69, 9.17) is 5.11 Å². The number of nitrogens with one attached hydrogen (secondary N) is 1. The van der Waals surface area contributed by atoms with Crippen molar-refractivity contribution in [1.29, 1.82) is 0 Å². The number of para-hydroxylation sites is 1. The number of nitro groups is 1. The Morgan fingerprint density at radius 1 is 1.45 bits per heavy atom. The molecule has 0 radical (unpaired) electrons. The third-order valence-corrected chi connectivity index (χ3v) is 3.09.